The topological polar surface area (TPSA) is 66.9 Å². The SMILES string of the molecule is Cc1cccc(Nc2cnc(C(=O)Nc3ccc(C)c(C)c3)cn2)c1. The van der Waals surface area contributed by atoms with Crippen molar-refractivity contribution in [1.82, 2.24) is 9.97 Å². The number of aromatic nitrogens is 2. The van der Waals surface area contributed by atoms with Gasteiger partial charge in [-0.25, -0.2) is 9.97 Å². The fourth-order valence-electron chi connectivity index (χ4n) is 2.39. The minimum Gasteiger partial charge on any atom is -0.339 e. The summed E-state index contributed by atoms with van der Waals surface area (Å²) in [7, 11) is 0. The number of benzene rings is 2. The van der Waals surface area contributed by atoms with Crippen molar-refractivity contribution in [1.29, 1.82) is 0 Å². The van der Waals surface area contributed by atoms with E-state index in [1.54, 1.807) is 6.20 Å². The molecule has 1 amide bonds. The molecule has 1 heterocycles. The molecule has 0 saturated carbocycles. The molecule has 3 aromatic rings. The number of aryl methyl sites for hydroxylation is 3. The van der Waals surface area contributed by atoms with Crippen molar-refractivity contribution in [3.8, 4) is 0 Å². The van der Waals surface area contributed by atoms with E-state index >= 15 is 0 Å². The minimum absolute atomic E-state index is 0.271. The van der Waals surface area contributed by atoms with E-state index < -0.39 is 0 Å². The number of hydrogen-bond acceptors (Lipinski definition) is 4. The highest BCUT2D eigenvalue weighted by Crippen LogP contribution is 2.16. The lowest BCUT2D eigenvalue weighted by molar-refractivity contribution is 0.102. The van der Waals surface area contributed by atoms with Crippen molar-refractivity contribution < 1.29 is 4.79 Å². The summed E-state index contributed by atoms with van der Waals surface area (Å²) in [6.07, 6.45) is 3.02. The number of nitrogens with one attached hydrogen (secondary N) is 2. The number of nitrogens with zero attached hydrogens (tertiary/aromatic N) is 2. The first-order valence-corrected chi connectivity index (χ1v) is 8.05. The quantitative estimate of drug-likeness (QED) is 0.743. The maximum Gasteiger partial charge on any atom is 0.275 e. The third-order valence-corrected chi connectivity index (χ3v) is 3.94. The van der Waals surface area contributed by atoms with E-state index in [4.69, 9.17) is 0 Å². The zero-order valence-electron chi connectivity index (χ0n) is 14.5. The number of anilines is 3. The van der Waals surface area contributed by atoms with Crippen LogP contribution in [0.1, 0.15) is 27.2 Å². The van der Waals surface area contributed by atoms with Gasteiger partial charge in [0.1, 0.15) is 11.5 Å². The first-order valence-electron chi connectivity index (χ1n) is 8.05. The third-order valence-electron chi connectivity index (χ3n) is 3.94. The van der Waals surface area contributed by atoms with Gasteiger partial charge >= 0.3 is 0 Å². The molecule has 5 nitrogen and oxygen atoms in total. The molecule has 3 rings (SSSR count). The van der Waals surface area contributed by atoms with E-state index in [-0.39, 0.29) is 11.6 Å². The van der Waals surface area contributed by atoms with Crippen LogP contribution in [0, 0.1) is 20.8 Å². The highest BCUT2D eigenvalue weighted by molar-refractivity contribution is 6.02. The standard InChI is InChI=1S/C20H20N4O/c1-13-5-4-6-16(9-13)23-19-12-21-18(11-22-19)20(25)24-17-8-7-14(2)15(3)10-17/h4-12H,1-3H3,(H,22,23)(H,24,25). The lowest BCUT2D eigenvalue weighted by Gasteiger charge is -2.08. The Morgan fingerprint density at radius 2 is 1.72 bits per heavy atom. The number of hydrogen-bond donors (Lipinski definition) is 2. The Labute approximate surface area is 147 Å². The third kappa shape index (κ3) is 4.20. The summed E-state index contributed by atoms with van der Waals surface area (Å²) < 4.78 is 0. The number of amides is 1. The molecular weight excluding hydrogens is 312 g/mol. The Morgan fingerprint density at radius 3 is 2.40 bits per heavy atom. The first-order chi connectivity index (χ1) is 12.0. The summed E-state index contributed by atoms with van der Waals surface area (Å²) in [5.74, 6) is 0.311. The van der Waals surface area contributed by atoms with Gasteiger partial charge in [-0.1, -0.05) is 18.2 Å². The van der Waals surface area contributed by atoms with Crippen LogP contribution in [0.3, 0.4) is 0 Å². The molecule has 0 spiro atoms. The molecule has 1 aromatic heterocycles. The van der Waals surface area contributed by atoms with Gasteiger partial charge in [0.2, 0.25) is 0 Å². The number of carbonyl (C=O) groups is 1. The van der Waals surface area contributed by atoms with Crippen molar-refractivity contribution in [3.63, 3.8) is 0 Å². The van der Waals surface area contributed by atoms with Crippen molar-refractivity contribution >= 4 is 23.1 Å². The zero-order valence-corrected chi connectivity index (χ0v) is 14.5. The summed E-state index contributed by atoms with van der Waals surface area (Å²) in [6, 6.07) is 13.8. The highest BCUT2D eigenvalue weighted by atomic mass is 16.1. The van der Waals surface area contributed by atoms with Crippen LogP contribution in [-0.2, 0) is 0 Å². The highest BCUT2D eigenvalue weighted by Gasteiger charge is 2.09. The Kier molecular flexibility index (Phi) is 4.75. The van der Waals surface area contributed by atoms with Crippen LogP contribution in [0.15, 0.2) is 54.9 Å². The van der Waals surface area contributed by atoms with E-state index in [2.05, 4.69) is 20.6 Å². The van der Waals surface area contributed by atoms with Crippen LogP contribution in [0.5, 0.6) is 0 Å². The van der Waals surface area contributed by atoms with Crippen LogP contribution in [0.25, 0.3) is 0 Å². The second-order valence-electron chi connectivity index (χ2n) is 6.03. The fourth-order valence-corrected chi connectivity index (χ4v) is 2.39. The molecule has 2 N–H and O–H groups in total. The molecular formula is C20H20N4O. The van der Waals surface area contributed by atoms with Gasteiger partial charge in [0.05, 0.1) is 12.4 Å². The number of rotatable bonds is 4. The van der Waals surface area contributed by atoms with E-state index in [1.165, 1.54) is 11.8 Å². The molecule has 126 valence electrons. The van der Waals surface area contributed by atoms with E-state index in [0.717, 1.165) is 22.5 Å². The summed E-state index contributed by atoms with van der Waals surface area (Å²) >= 11 is 0. The minimum atomic E-state index is -0.280. The molecule has 0 aliphatic heterocycles. The Morgan fingerprint density at radius 1 is 0.880 bits per heavy atom. The lowest BCUT2D eigenvalue weighted by Crippen LogP contribution is -2.14. The Hall–Kier alpha value is -3.21. The van der Waals surface area contributed by atoms with E-state index in [0.29, 0.717) is 5.82 Å². The maximum atomic E-state index is 12.3. The molecule has 0 bridgehead atoms. The molecule has 0 unspecified atom stereocenters. The molecule has 0 radical (unpaired) electrons. The van der Waals surface area contributed by atoms with E-state index in [1.807, 2.05) is 63.2 Å². The largest absolute Gasteiger partial charge is 0.339 e. The smallest absolute Gasteiger partial charge is 0.275 e. The Bertz CT molecular complexity index is 904. The van der Waals surface area contributed by atoms with Crippen LogP contribution in [-0.4, -0.2) is 15.9 Å². The van der Waals surface area contributed by atoms with Crippen molar-refractivity contribution in [2.45, 2.75) is 20.8 Å². The first kappa shape index (κ1) is 16.6. The van der Waals surface area contributed by atoms with Gasteiger partial charge in [0.25, 0.3) is 5.91 Å². The fraction of sp³-hybridized carbons (Fsp3) is 0.150. The molecule has 0 fully saturated rings. The molecule has 0 aliphatic rings. The van der Waals surface area contributed by atoms with Crippen molar-refractivity contribution in [2.75, 3.05) is 10.6 Å². The normalized spacial score (nSPS) is 10.4. The maximum absolute atomic E-state index is 12.3. The summed E-state index contributed by atoms with van der Waals surface area (Å²) in [4.78, 5) is 20.8. The molecule has 2 aromatic carbocycles. The van der Waals surface area contributed by atoms with Gasteiger partial charge in [0.15, 0.2) is 0 Å². The average molecular weight is 332 g/mol. The van der Waals surface area contributed by atoms with Crippen LogP contribution in [0.2, 0.25) is 0 Å². The monoisotopic (exact) mass is 332 g/mol. The molecule has 25 heavy (non-hydrogen) atoms. The molecule has 0 aliphatic carbocycles. The van der Waals surface area contributed by atoms with Crippen LogP contribution in [0.4, 0.5) is 17.2 Å². The predicted molar refractivity (Wildman–Crippen MR) is 100 cm³/mol. The summed E-state index contributed by atoms with van der Waals surface area (Å²) in [5, 5.41) is 6.01. The van der Waals surface area contributed by atoms with Gasteiger partial charge in [0, 0.05) is 11.4 Å². The average Bonchev–Trinajstić information content (AvgIpc) is 2.59. The molecule has 0 atom stereocenters. The van der Waals surface area contributed by atoms with Crippen molar-refractivity contribution in [2.24, 2.45) is 0 Å². The van der Waals surface area contributed by atoms with Crippen LogP contribution < -0.4 is 10.6 Å². The van der Waals surface area contributed by atoms with Gasteiger partial charge in [-0.2, -0.15) is 0 Å². The van der Waals surface area contributed by atoms with Gasteiger partial charge in [-0.05, 0) is 61.7 Å². The van der Waals surface area contributed by atoms with E-state index in [9.17, 15) is 4.79 Å². The zero-order chi connectivity index (χ0) is 17.8. The predicted octanol–water partition coefficient (Wildman–Crippen LogP) is 4.40. The second kappa shape index (κ2) is 7.13. The van der Waals surface area contributed by atoms with Crippen LogP contribution >= 0.6 is 0 Å². The molecule has 5 heteroatoms. The van der Waals surface area contributed by atoms with Gasteiger partial charge in [-0.3, -0.25) is 4.79 Å². The van der Waals surface area contributed by atoms with Gasteiger partial charge in [-0.15, -0.1) is 0 Å². The van der Waals surface area contributed by atoms with Crippen molar-refractivity contribution in [3.05, 3.63) is 77.2 Å². The van der Waals surface area contributed by atoms with Gasteiger partial charge < -0.3 is 10.6 Å². The molecule has 0 saturated heterocycles. The Balaban J connectivity index is 1.68. The lowest BCUT2D eigenvalue weighted by atomic mass is 10.1. The second-order valence-corrected chi connectivity index (χ2v) is 6.03. The number of carbonyl (C=O) groups excluding carboxylic acids is 1. The summed E-state index contributed by atoms with van der Waals surface area (Å²) in [5.41, 5.74) is 5.42. The summed E-state index contributed by atoms with van der Waals surface area (Å²) in [6.45, 7) is 6.07.